The van der Waals surface area contributed by atoms with Gasteiger partial charge in [-0.3, -0.25) is 0 Å². The maximum atomic E-state index is 12.1. The first-order chi connectivity index (χ1) is 9.10. The van der Waals surface area contributed by atoms with Crippen LogP contribution in [0.1, 0.15) is 20.8 Å². The van der Waals surface area contributed by atoms with Gasteiger partial charge < -0.3 is 0 Å². The third kappa shape index (κ3) is 4.09. The zero-order valence-electron chi connectivity index (χ0n) is 13.6. The molecule has 1 rings (SSSR count). The minimum atomic E-state index is -2.38. The van der Waals surface area contributed by atoms with E-state index in [1.165, 1.54) is 3.78 Å². The summed E-state index contributed by atoms with van der Waals surface area (Å²) < 4.78 is 7.12. The molecule has 0 saturated carbocycles. The first-order valence-electron chi connectivity index (χ1n) is 6.64. The van der Waals surface area contributed by atoms with E-state index in [1.807, 2.05) is 20.8 Å². The second-order valence-electron chi connectivity index (χ2n) is 6.42. The van der Waals surface area contributed by atoms with Crippen LogP contribution >= 0.6 is 10.5 Å². The van der Waals surface area contributed by atoms with Crippen molar-refractivity contribution in [2.45, 2.75) is 20.8 Å². The van der Waals surface area contributed by atoms with Gasteiger partial charge in [0.05, 0.1) is 0 Å². The van der Waals surface area contributed by atoms with Gasteiger partial charge in [0.15, 0.2) is 0 Å². The number of allylic oxidation sites excluding steroid dienone is 2. The Bertz CT molecular complexity index is 457. The normalized spacial score (nSPS) is 17.1. The van der Waals surface area contributed by atoms with Gasteiger partial charge in [-0.25, -0.2) is 0 Å². The van der Waals surface area contributed by atoms with Gasteiger partial charge in [0.1, 0.15) is 0 Å². The van der Waals surface area contributed by atoms with Crippen LogP contribution in [0.4, 0.5) is 0 Å². The first-order valence-corrected chi connectivity index (χ1v) is 13.1. The molecule has 0 bridgehead atoms. The molecule has 0 spiro atoms. The molecule has 0 fully saturated rings. The molecule has 0 aromatic carbocycles. The van der Waals surface area contributed by atoms with Crippen molar-refractivity contribution >= 4 is 33.8 Å². The summed E-state index contributed by atoms with van der Waals surface area (Å²) in [5, 5.41) is 0.542. The third-order valence-electron chi connectivity index (χ3n) is 2.94. The fourth-order valence-corrected chi connectivity index (χ4v) is 14.1. The zero-order valence-corrected chi connectivity index (χ0v) is 16.3. The standard InChI is InChI=1S/C15H27AsNO2S/c1-15(2,3)13(18)19-12-16(10-8-9-11-16)14(17(4)5)20(6)7/h8-11H,12H2,1-7H3. The van der Waals surface area contributed by atoms with Crippen LogP contribution in [-0.2, 0) is 9.53 Å². The van der Waals surface area contributed by atoms with Crippen molar-refractivity contribution in [1.82, 2.24) is 4.90 Å². The van der Waals surface area contributed by atoms with Crippen LogP contribution in [0.5, 0.6) is 0 Å². The van der Waals surface area contributed by atoms with Crippen molar-refractivity contribution < 1.29 is 9.53 Å². The SMILES string of the molecule is CN(C)C(=S(C)C)[As]1(COC(=O)C(C)(C)C)C=CC=C1. The summed E-state index contributed by atoms with van der Waals surface area (Å²) in [6, 6.07) is 0. The fraction of sp³-hybridized carbons (Fsp3) is 0.600. The van der Waals surface area contributed by atoms with E-state index in [9.17, 15) is 4.79 Å². The van der Waals surface area contributed by atoms with Crippen LogP contribution in [0.3, 0.4) is 0 Å². The van der Waals surface area contributed by atoms with Gasteiger partial charge in [-0.1, -0.05) is 0 Å². The molecule has 3 nitrogen and oxygen atoms in total. The molecule has 1 aliphatic heterocycles. The second-order valence-corrected chi connectivity index (χ2v) is 15.7. The average molecular weight is 360 g/mol. The molecule has 1 heterocycles. The molecule has 0 saturated heterocycles. The van der Waals surface area contributed by atoms with Crippen LogP contribution < -0.4 is 0 Å². The molecule has 1 radical (unpaired) electrons. The predicted octanol–water partition coefficient (Wildman–Crippen LogP) is 2.53. The molecule has 20 heavy (non-hydrogen) atoms. The Balaban J connectivity index is 3.02. The number of hydrogen-bond donors (Lipinski definition) is 0. The fourth-order valence-electron chi connectivity index (χ4n) is 2.18. The van der Waals surface area contributed by atoms with Crippen LogP contribution in [0.2, 0.25) is 0 Å². The number of esters is 1. The van der Waals surface area contributed by atoms with E-state index < -0.39 is 19.0 Å². The minimum absolute atomic E-state index is 0.114. The van der Waals surface area contributed by atoms with Crippen molar-refractivity contribution in [3.05, 3.63) is 21.9 Å². The zero-order chi connectivity index (χ0) is 15.6. The molecule has 0 aliphatic carbocycles. The van der Waals surface area contributed by atoms with Gasteiger partial charge in [0, 0.05) is 0 Å². The first kappa shape index (κ1) is 17.7. The van der Waals surface area contributed by atoms with Crippen LogP contribution in [-0.4, -0.2) is 60.2 Å². The van der Waals surface area contributed by atoms with Crippen molar-refractivity contribution in [2.24, 2.45) is 5.41 Å². The molecule has 0 atom stereocenters. The Labute approximate surface area is 128 Å². The third-order valence-corrected chi connectivity index (χ3v) is 14.6. The maximum absolute atomic E-state index is 12.1. The van der Waals surface area contributed by atoms with Crippen molar-refractivity contribution in [3.63, 3.8) is 0 Å². The van der Waals surface area contributed by atoms with Crippen LogP contribution in [0, 0.1) is 5.41 Å². The molecule has 115 valence electrons. The summed E-state index contributed by atoms with van der Waals surface area (Å²) >= 11 is -2.38. The summed E-state index contributed by atoms with van der Waals surface area (Å²) in [7, 11) is 4.37. The number of carbonyl (C=O) groups excluding carboxylic acids is 1. The number of rotatable bonds is 3. The molecule has 0 aromatic rings. The van der Waals surface area contributed by atoms with E-state index in [4.69, 9.17) is 4.74 Å². The van der Waals surface area contributed by atoms with Gasteiger partial charge in [-0.05, 0) is 0 Å². The van der Waals surface area contributed by atoms with Gasteiger partial charge in [-0.2, -0.15) is 0 Å². The molecule has 0 amide bonds. The van der Waals surface area contributed by atoms with Crippen LogP contribution in [0.15, 0.2) is 21.9 Å². The van der Waals surface area contributed by atoms with Crippen molar-refractivity contribution in [2.75, 3.05) is 32.0 Å². The summed E-state index contributed by atoms with van der Waals surface area (Å²) in [6.45, 7) is 5.69. The summed E-state index contributed by atoms with van der Waals surface area (Å²) in [5.41, 5.74) is -0.439. The number of hydrogen-bond acceptors (Lipinski definition) is 2. The molecule has 0 aromatic heterocycles. The van der Waals surface area contributed by atoms with Crippen molar-refractivity contribution in [1.29, 1.82) is 0 Å². The van der Waals surface area contributed by atoms with Crippen LogP contribution in [0.25, 0.3) is 0 Å². The van der Waals surface area contributed by atoms with Gasteiger partial charge >= 0.3 is 128 Å². The van der Waals surface area contributed by atoms with E-state index in [0.717, 1.165) is 0 Å². The Morgan fingerprint density at radius 2 is 1.70 bits per heavy atom. The average Bonchev–Trinajstić information content (AvgIpc) is 2.73. The Morgan fingerprint density at radius 3 is 2.05 bits per heavy atom. The Hall–Kier alpha value is -0.312. The van der Waals surface area contributed by atoms with E-state index >= 15 is 0 Å². The van der Waals surface area contributed by atoms with E-state index in [1.54, 1.807) is 0 Å². The van der Waals surface area contributed by atoms with E-state index in [2.05, 4.69) is 53.4 Å². The second kappa shape index (κ2) is 6.63. The summed E-state index contributed by atoms with van der Waals surface area (Å²) in [5.74, 6) is -0.114. The molecular formula is C15H27AsNO2S. The molecule has 5 heteroatoms. The Morgan fingerprint density at radius 1 is 1.20 bits per heavy atom. The Kier molecular flexibility index (Phi) is 5.88. The number of ether oxygens (including phenoxy) is 1. The van der Waals surface area contributed by atoms with Gasteiger partial charge in [-0.15, -0.1) is 0 Å². The van der Waals surface area contributed by atoms with Gasteiger partial charge in [0.25, 0.3) is 0 Å². The van der Waals surface area contributed by atoms with E-state index in [-0.39, 0.29) is 16.5 Å². The van der Waals surface area contributed by atoms with E-state index in [0.29, 0.717) is 5.39 Å². The topological polar surface area (TPSA) is 29.5 Å². The number of carbonyl (C=O) groups is 1. The van der Waals surface area contributed by atoms with Crippen molar-refractivity contribution in [3.8, 4) is 0 Å². The summed E-state index contributed by atoms with van der Waals surface area (Å²) in [6.07, 6.45) is 8.69. The van der Waals surface area contributed by atoms with Gasteiger partial charge in [0.2, 0.25) is 0 Å². The molecule has 0 N–H and O–H groups in total. The number of nitrogens with zero attached hydrogens (tertiary/aromatic N) is 1. The molecular weight excluding hydrogens is 333 g/mol. The molecule has 1 aliphatic rings. The summed E-state index contributed by atoms with van der Waals surface area (Å²) in [4.78, 5) is 18.9. The molecule has 0 unspecified atom stereocenters. The monoisotopic (exact) mass is 360 g/mol. The quantitative estimate of drug-likeness (QED) is 0.440. The predicted molar refractivity (Wildman–Crippen MR) is 92.6 cm³/mol.